The third-order valence-electron chi connectivity index (χ3n) is 1.77. The van der Waals surface area contributed by atoms with Crippen molar-refractivity contribution in [1.82, 2.24) is 0 Å². The molecular formula is C10H8ClNO2. The molecule has 0 saturated carbocycles. The second-order valence-corrected chi connectivity index (χ2v) is 3.15. The summed E-state index contributed by atoms with van der Waals surface area (Å²) in [4.78, 5) is 9.93. The van der Waals surface area contributed by atoms with Crippen molar-refractivity contribution >= 4 is 17.3 Å². The third-order valence-corrected chi connectivity index (χ3v) is 2.07. The molecule has 0 aromatic heterocycles. The molecule has 0 N–H and O–H groups in total. The van der Waals surface area contributed by atoms with Crippen LogP contribution in [0, 0.1) is 22.5 Å². The number of halogens is 1. The van der Waals surface area contributed by atoms with E-state index in [9.17, 15) is 10.1 Å². The average molecular weight is 210 g/mol. The Labute approximate surface area is 86.8 Å². The fourth-order valence-corrected chi connectivity index (χ4v) is 1.34. The van der Waals surface area contributed by atoms with E-state index in [0.29, 0.717) is 12.8 Å². The van der Waals surface area contributed by atoms with Crippen LogP contribution in [0.4, 0.5) is 5.69 Å². The zero-order valence-corrected chi connectivity index (χ0v) is 8.12. The number of hydrogen-bond donors (Lipinski definition) is 0. The summed E-state index contributed by atoms with van der Waals surface area (Å²) in [5.41, 5.74) is 0.842. The van der Waals surface area contributed by atoms with Crippen molar-refractivity contribution < 1.29 is 4.92 Å². The highest BCUT2D eigenvalue weighted by molar-refractivity contribution is 6.32. The van der Waals surface area contributed by atoms with Gasteiger partial charge in [0.05, 0.1) is 4.92 Å². The summed E-state index contributed by atoms with van der Waals surface area (Å²) in [6.07, 6.45) is 6.40. The minimum Gasteiger partial charge on any atom is -0.258 e. The molecule has 0 aliphatic heterocycles. The highest BCUT2D eigenvalue weighted by Crippen LogP contribution is 2.25. The van der Waals surface area contributed by atoms with Gasteiger partial charge in [0.25, 0.3) is 5.69 Å². The van der Waals surface area contributed by atoms with E-state index in [0.717, 1.165) is 5.56 Å². The molecule has 72 valence electrons. The molecule has 0 bridgehead atoms. The van der Waals surface area contributed by atoms with E-state index >= 15 is 0 Å². The summed E-state index contributed by atoms with van der Waals surface area (Å²) in [6, 6.07) is 4.65. The number of nitrogens with zero attached hydrogens (tertiary/aromatic N) is 1. The number of hydrogen-bond acceptors (Lipinski definition) is 2. The van der Waals surface area contributed by atoms with Crippen LogP contribution in [-0.4, -0.2) is 4.92 Å². The Bertz CT molecular complexity index is 396. The van der Waals surface area contributed by atoms with Gasteiger partial charge in [0.15, 0.2) is 0 Å². The van der Waals surface area contributed by atoms with Crippen LogP contribution in [0.1, 0.15) is 12.0 Å². The van der Waals surface area contributed by atoms with E-state index in [1.165, 1.54) is 6.07 Å². The Morgan fingerprint density at radius 3 is 2.79 bits per heavy atom. The zero-order valence-electron chi connectivity index (χ0n) is 7.37. The van der Waals surface area contributed by atoms with E-state index < -0.39 is 4.92 Å². The number of aryl methyl sites for hydroxylation is 1. The third kappa shape index (κ3) is 2.48. The summed E-state index contributed by atoms with van der Waals surface area (Å²) in [5.74, 6) is 2.50. The van der Waals surface area contributed by atoms with E-state index in [-0.39, 0.29) is 10.7 Å². The molecule has 0 radical (unpaired) electrons. The molecule has 0 spiro atoms. The number of terminal acetylenes is 1. The molecule has 0 unspecified atom stereocenters. The molecule has 14 heavy (non-hydrogen) atoms. The van der Waals surface area contributed by atoms with Gasteiger partial charge in [-0.15, -0.1) is 12.3 Å². The monoisotopic (exact) mass is 209 g/mol. The number of nitro groups is 1. The van der Waals surface area contributed by atoms with Gasteiger partial charge < -0.3 is 0 Å². The van der Waals surface area contributed by atoms with Crippen LogP contribution >= 0.6 is 11.6 Å². The Kier molecular flexibility index (Phi) is 3.49. The topological polar surface area (TPSA) is 43.1 Å². The second-order valence-electron chi connectivity index (χ2n) is 2.75. The molecule has 0 aliphatic rings. The normalized spacial score (nSPS) is 9.43. The Balaban J connectivity index is 2.90. The van der Waals surface area contributed by atoms with Crippen LogP contribution in [0.15, 0.2) is 18.2 Å². The van der Waals surface area contributed by atoms with Crippen molar-refractivity contribution in [1.29, 1.82) is 0 Å². The van der Waals surface area contributed by atoms with Crippen molar-refractivity contribution in [2.75, 3.05) is 0 Å². The maximum absolute atomic E-state index is 10.4. The van der Waals surface area contributed by atoms with Crippen LogP contribution in [0.3, 0.4) is 0 Å². The van der Waals surface area contributed by atoms with Gasteiger partial charge in [0, 0.05) is 12.5 Å². The highest BCUT2D eigenvalue weighted by atomic mass is 35.5. The van der Waals surface area contributed by atoms with Gasteiger partial charge in [0.2, 0.25) is 0 Å². The Morgan fingerprint density at radius 1 is 1.57 bits per heavy atom. The molecule has 1 aromatic carbocycles. The minimum atomic E-state index is -0.507. The van der Waals surface area contributed by atoms with Crippen LogP contribution in [-0.2, 0) is 6.42 Å². The maximum atomic E-state index is 10.4. The number of nitro benzene ring substituents is 1. The Morgan fingerprint density at radius 2 is 2.29 bits per heavy atom. The number of benzene rings is 1. The van der Waals surface area contributed by atoms with E-state index in [1.54, 1.807) is 12.1 Å². The molecule has 0 heterocycles. The van der Waals surface area contributed by atoms with Crippen LogP contribution in [0.5, 0.6) is 0 Å². The summed E-state index contributed by atoms with van der Waals surface area (Å²) < 4.78 is 0. The average Bonchev–Trinajstić information content (AvgIpc) is 2.14. The fourth-order valence-electron chi connectivity index (χ4n) is 1.07. The predicted octanol–water partition coefficient (Wildman–Crippen LogP) is 2.81. The standard InChI is InChI=1S/C10H8ClNO2/c1-2-3-4-8-5-6-10(12(13)14)9(11)7-8/h1,5-7H,3-4H2. The van der Waals surface area contributed by atoms with Crippen LogP contribution in [0.25, 0.3) is 0 Å². The summed E-state index contributed by atoms with van der Waals surface area (Å²) in [5, 5.41) is 10.6. The van der Waals surface area contributed by atoms with Gasteiger partial charge >= 0.3 is 0 Å². The second kappa shape index (κ2) is 4.64. The molecule has 0 fully saturated rings. The molecular weight excluding hydrogens is 202 g/mol. The van der Waals surface area contributed by atoms with Crippen molar-refractivity contribution in [2.45, 2.75) is 12.8 Å². The van der Waals surface area contributed by atoms with Crippen molar-refractivity contribution in [3.8, 4) is 12.3 Å². The molecule has 0 atom stereocenters. The first kappa shape index (κ1) is 10.6. The van der Waals surface area contributed by atoms with Gasteiger partial charge in [-0.2, -0.15) is 0 Å². The lowest BCUT2D eigenvalue weighted by atomic mass is 10.1. The van der Waals surface area contributed by atoms with Gasteiger partial charge in [-0.05, 0) is 18.1 Å². The molecule has 0 saturated heterocycles. The largest absolute Gasteiger partial charge is 0.287 e. The summed E-state index contributed by atoms with van der Waals surface area (Å²) >= 11 is 5.71. The molecule has 0 amide bonds. The first-order valence-electron chi connectivity index (χ1n) is 4.01. The van der Waals surface area contributed by atoms with Crippen molar-refractivity contribution in [3.05, 3.63) is 38.9 Å². The lowest BCUT2D eigenvalue weighted by molar-refractivity contribution is -0.384. The SMILES string of the molecule is C#CCCc1ccc([N+](=O)[O-])c(Cl)c1. The van der Waals surface area contributed by atoms with E-state index in [2.05, 4.69) is 5.92 Å². The highest BCUT2D eigenvalue weighted by Gasteiger charge is 2.11. The van der Waals surface area contributed by atoms with Crippen molar-refractivity contribution in [3.63, 3.8) is 0 Å². The Hall–Kier alpha value is -1.53. The lowest BCUT2D eigenvalue weighted by Gasteiger charge is -1.99. The van der Waals surface area contributed by atoms with Crippen LogP contribution < -0.4 is 0 Å². The summed E-state index contributed by atoms with van der Waals surface area (Å²) in [6.45, 7) is 0. The maximum Gasteiger partial charge on any atom is 0.287 e. The van der Waals surface area contributed by atoms with Gasteiger partial charge in [0.1, 0.15) is 5.02 Å². The fraction of sp³-hybridized carbons (Fsp3) is 0.200. The predicted molar refractivity (Wildman–Crippen MR) is 55.3 cm³/mol. The van der Waals surface area contributed by atoms with Crippen LogP contribution in [0.2, 0.25) is 5.02 Å². The first-order chi connectivity index (χ1) is 6.65. The minimum absolute atomic E-state index is 0.0730. The van der Waals surface area contributed by atoms with E-state index in [1.807, 2.05) is 0 Å². The molecule has 1 aromatic rings. The van der Waals surface area contributed by atoms with Gasteiger partial charge in [-0.3, -0.25) is 10.1 Å². The molecule has 1 rings (SSSR count). The number of rotatable bonds is 3. The van der Waals surface area contributed by atoms with E-state index in [4.69, 9.17) is 18.0 Å². The lowest BCUT2D eigenvalue weighted by Crippen LogP contribution is -1.91. The van der Waals surface area contributed by atoms with Gasteiger partial charge in [-0.1, -0.05) is 17.7 Å². The first-order valence-corrected chi connectivity index (χ1v) is 4.39. The molecule has 3 nitrogen and oxygen atoms in total. The molecule has 0 aliphatic carbocycles. The zero-order chi connectivity index (χ0) is 10.6. The summed E-state index contributed by atoms with van der Waals surface area (Å²) in [7, 11) is 0. The van der Waals surface area contributed by atoms with Gasteiger partial charge in [-0.25, -0.2) is 0 Å². The quantitative estimate of drug-likeness (QED) is 0.437. The molecule has 4 heteroatoms. The smallest absolute Gasteiger partial charge is 0.258 e. The van der Waals surface area contributed by atoms with Crippen molar-refractivity contribution in [2.24, 2.45) is 0 Å².